The molecule has 3 aromatic rings. The van der Waals surface area contributed by atoms with Gasteiger partial charge in [0, 0.05) is 23.1 Å². The number of Topliss-reactive ketones (excluding diaryl/α,β-unsaturated/α-hetero) is 1. The van der Waals surface area contributed by atoms with E-state index in [4.69, 9.17) is 4.74 Å². The molecular formula is C15H14N4O3. The molecule has 0 fully saturated rings. The number of fused-ring (bicyclic) bond motifs is 1. The summed E-state index contributed by atoms with van der Waals surface area (Å²) in [5.74, 6) is -0.797. The zero-order chi connectivity index (χ0) is 15.7. The third kappa shape index (κ3) is 2.60. The summed E-state index contributed by atoms with van der Waals surface area (Å²) in [5.41, 5.74) is 3.17. The zero-order valence-electron chi connectivity index (χ0n) is 12.2. The lowest BCUT2D eigenvalue weighted by Gasteiger charge is -2.04. The number of carbonyl (C=O) groups excluding carboxylic acids is 2. The lowest BCUT2D eigenvalue weighted by molar-refractivity contribution is 0.0474. The van der Waals surface area contributed by atoms with Gasteiger partial charge in [0.25, 0.3) is 0 Å². The zero-order valence-corrected chi connectivity index (χ0v) is 12.2. The lowest BCUT2D eigenvalue weighted by Crippen LogP contribution is -2.15. The summed E-state index contributed by atoms with van der Waals surface area (Å²) >= 11 is 0. The highest BCUT2D eigenvalue weighted by molar-refractivity contribution is 6.00. The van der Waals surface area contributed by atoms with Crippen molar-refractivity contribution < 1.29 is 14.3 Å². The van der Waals surface area contributed by atoms with Crippen molar-refractivity contribution in [2.45, 2.75) is 13.8 Å². The van der Waals surface area contributed by atoms with Crippen LogP contribution in [-0.4, -0.2) is 37.9 Å². The van der Waals surface area contributed by atoms with Crippen LogP contribution in [0.4, 0.5) is 0 Å². The van der Waals surface area contributed by atoms with Gasteiger partial charge in [-0.15, -0.1) is 10.2 Å². The molecule has 0 aliphatic carbocycles. The fraction of sp³-hybridized carbons (Fsp3) is 0.200. The van der Waals surface area contributed by atoms with Gasteiger partial charge in [-0.2, -0.15) is 0 Å². The Balaban J connectivity index is 1.69. The number of aromatic nitrogens is 4. The normalized spacial score (nSPS) is 10.8. The van der Waals surface area contributed by atoms with Gasteiger partial charge in [-0.1, -0.05) is 0 Å². The largest absolute Gasteiger partial charge is 0.454 e. The van der Waals surface area contributed by atoms with Gasteiger partial charge < -0.3 is 9.72 Å². The molecule has 3 rings (SSSR count). The van der Waals surface area contributed by atoms with Crippen LogP contribution < -0.4 is 0 Å². The Kier molecular flexibility index (Phi) is 3.46. The van der Waals surface area contributed by atoms with Crippen molar-refractivity contribution in [1.29, 1.82) is 0 Å². The van der Waals surface area contributed by atoms with Gasteiger partial charge in [0.1, 0.15) is 6.33 Å². The van der Waals surface area contributed by atoms with E-state index in [1.54, 1.807) is 28.8 Å². The Morgan fingerprint density at radius 1 is 1.32 bits per heavy atom. The second-order valence-corrected chi connectivity index (χ2v) is 5.00. The first-order valence-corrected chi connectivity index (χ1v) is 6.70. The standard InChI is InChI=1S/C15H14N4O3/c1-9-5-12(10(2)17-9)13(20)7-22-15(21)11-3-4-14-18-16-8-19(14)6-11/h3-6,8,17H,7H2,1-2H3. The van der Waals surface area contributed by atoms with Crippen LogP contribution in [0.5, 0.6) is 0 Å². The smallest absolute Gasteiger partial charge is 0.340 e. The number of ether oxygens (including phenoxy) is 1. The lowest BCUT2D eigenvalue weighted by atomic mass is 10.1. The minimum absolute atomic E-state index is 0.236. The molecule has 0 unspecified atom stereocenters. The molecule has 0 saturated carbocycles. The molecule has 7 nitrogen and oxygen atoms in total. The average Bonchev–Trinajstić information content (AvgIpc) is 3.09. The summed E-state index contributed by atoms with van der Waals surface area (Å²) in [4.78, 5) is 27.1. The Bertz CT molecular complexity index is 863. The van der Waals surface area contributed by atoms with Gasteiger partial charge in [-0.3, -0.25) is 9.20 Å². The SMILES string of the molecule is Cc1cc(C(=O)COC(=O)c2ccc3nncn3c2)c(C)[nH]1. The molecule has 0 aliphatic rings. The first-order chi connectivity index (χ1) is 10.5. The van der Waals surface area contributed by atoms with Crippen LogP contribution in [0, 0.1) is 13.8 Å². The Hall–Kier alpha value is -2.96. The number of hydrogen-bond donors (Lipinski definition) is 1. The quantitative estimate of drug-likeness (QED) is 0.585. The number of hydrogen-bond acceptors (Lipinski definition) is 5. The molecule has 0 amide bonds. The first-order valence-electron chi connectivity index (χ1n) is 6.70. The second-order valence-electron chi connectivity index (χ2n) is 5.00. The van der Waals surface area contributed by atoms with Crippen LogP contribution in [0.25, 0.3) is 5.65 Å². The van der Waals surface area contributed by atoms with E-state index >= 15 is 0 Å². The van der Waals surface area contributed by atoms with Gasteiger partial charge in [-0.05, 0) is 32.0 Å². The molecule has 7 heteroatoms. The number of pyridine rings is 1. The summed E-state index contributed by atoms with van der Waals surface area (Å²) in [6, 6.07) is 4.99. The summed E-state index contributed by atoms with van der Waals surface area (Å²) in [6.45, 7) is 3.38. The molecular weight excluding hydrogens is 284 g/mol. The number of nitrogens with one attached hydrogen (secondary N) is 1. The molecule has 3 heterocycles. The van der Waals surface area contributed by atoms with Gasteiger partial charge in [0.05, 0.1) is 5.56 Å². The van der Waals surface area contributed by atoms with E-state index in [0.29, 0.717) is 16.8 Å². The van der Waals surface area contributed by atoms with Crippen LogP contribution in [0.2, 0.25) is 0 Å². The van der Waals surface area contributed by atoms with Gasteiger partial charge in [0.2, 0.25) is 5.78 Å². The van der Waals surface area contributed by atoms with E-state index in [0.717, 1.165) is 11.4 Å². The summed E-state index contributed by atoms with van der Waals surface area (Å²) in [6.07, 6.45) is 3.05. The van der Waals surface area contributed by atoms with Crippen LogP contribution in [-0.2, 0) is 4.74 Å². The number of nitrogens with zero attached hydrogens (tertiary/aromatic N) is 3. The molecule has 0 saturated heterocycles. The van der Waals surface area contributed by atoms with E-state index in [1.165, 1.54) is 6.33 Å². The third-order valence-corrected chi connectivity index (χ3v) is 3.31. The highest BCUT2D eigenvalue weighted by Crippen LogP contribution is 2.11. The fourth-order valence-electron chi connectivity index (χ4n) is 2.25. The van der Waals surface area contributed by atoms with Crippen molar-refractivity contribution in [2.24, 2.45) is 0 Å². The molecule has 1 N–H and O–H groups in total. The number of rotatable bonds is 4. The topological polar surface area (TPSA) is 89.3 Å². The molecule has 0 radical (unpaired) electrons. The van der Waals surface area contributed by atoms with Crippen LogP contribution in [0.1, 0.15) is 32.1 Å². The van der Waals surface area contributed by atoms with Crippen LogP contribution in [0.15, 0.2) is 30.7 Å². The van der Waals surface area contributed by atoms with Crippen molar-refractivity contribution >= 4 is 17.4 Å². The van der Waals surface area contributed by atoms with E-state index in [1.807, 2.05) is 13.8 Å². The molecule has 22 heavy (non-hydrogen) atoms. The minimum atomic E-state index is -0.561. The Morgan fingerprint density at radius 2 is 2.14 bits per heavy atom. The van der Waals surface area contributed by atoms with Crippen LogP contribution in [0.3, 0.4) is 0 Å². The molecule has 0 aliphatic heterocycles. The number of H-pyrrole nitrogens is 1. The predicted octanol–water partition coefficient (Wildman–Crippen LogP) is 1.71. The maximum Gasteiger partial charge on any atom is 0.340 e. The maximum atomic E-state index is 12.1. The third-order valence-electron chi connectivity index (χ3n) is 3.31. The minimum Gasteiger partial charge on any atom is -0.454 e. The predicted molar refractivity (Wildman–Crippen MR) is 77.9 cm³/mol. The highest BCUT2D eigenvalue weighted by Gasteiger charge is 2.15. The highest BCUT2D eigenvalue weighted by atomic mass is 16.5. The number of esters is 1. The molecule has 0 atom stereocenters. The van der Waals surface area contributed by atoms with Gasteiger partial charge in [-0.25, -0.2) is 4.79 Å². The van der Waals surface area contributed by atoms with Crippen LogP contribution >= 0.6 is 0 Å². The van der Waals surface area contributed by atoms with Crippen molar-refractivity contribution in [3.8, 4) is 0 Å². The molecule has 3 aromatic heterocycles. The molecule has 0 spiro atoms. The number of carbonyl (C=O) groups is 2. The Morgan fingerprint density at radius 3 is 2.86 bits per heavy atom. The summed E-state index contributed by atoms with van der Waals surface area (Å²) < 4.78 is 6.69. The van der Waals surface area contributed by atoms with E-state index < -0.39 is 5.97 Å². The fourth-order valence-corrected chi connectivity index (χ4v) is 2.25. The average molecular weight is 298 g/mol. The van der Waals surface area contributed by atoms with Gasteiger partial charge in [0.15, 0.2) is 12.3 Å². The molecule has 0 bridgehead atoms. The van der Waals surface area contributed by atoms with Crippen molar-refractivity contribution in [2.75, 3.05) is 6.61 Å². The number of aromatic amines is 1. The van der Waals surface area contributed by atoms with E-state index in [2.05, 4.69) is 15.2 Å². The number of ketones is 1. The molecule has 0 aromatic carbocycles. The summed E-state index contributed by atoms with van der Waals surface area (Å²) in [7, 11) is 0. The Labute approximate surface area is 125 Å². The second kappa shape index (κ2) is 5.44. The summed E-state index contributed by atoms with van der Waals surface area (Å²) in [5, 5.41) is 7.58. The maximum absolute atomic E-state index is 12.1. The number of aryl methyl sites for hydroxylation is 2. The first kappa shape index (κ1) is 14.0. The van der Waals surface area contributed by atoms with Gasteiger partial charge >= 0.3 is 5.97 Å². The van der Waals surface area contributed by atoms with Crippen molar-refractivity contribution in [3.05, 3.63) is 53.2 Å². The van der Waals surface area contributed by atoms with E-state index in [-0.39, 0.29) is 12.4 Å². The monoisotopic (exact) mass is 298 g/mol. The van der Waals surface area contributed by atoms with Crippen molar-refractivity contribution in [3.63, 3.8) is 0 Å². The van der Waals surface area contributed by atoms with Crippen molar-refractivity contribution in [1.82, 2.24) is 19.6 Å². The molecule has 112 valence electrons. The van der Waals surface area contributed by atoms with E-state index in [9.17, 15) is 9.59 Å².